The fourth-order valence-electron chi connectivity index (χ4n) is 2.45. The number of hydrogen-bond acceptors (Lipinski definition) is 0. The SMILES string of the molecule is CC1C(Cl)CC(Cl)CC12CC2Cl. The van der Waals surface area contributed by atoms with E-state index in [1.54, 1.807) is 0 Å². The van der Waals surface area contributed by atoms with Crippen molar-refractivity contribution in [3.63, 3.8) is 0 Å². The van der Waals surface area contributed by atoms with Crippen LogP contribution in [0.2, 0.25) is 0 Å². The molecule has 0 bridgehead atoms. The minimum absolute atomic E-state index is 0.227. The first-order valence-electron chi connectivity index (χ1n) is 4.48. The van der Waals surface area contributed by atoms with E-state index in [-0.39, 0.29) is 10.8 Å². The van der Waals surface area contributed by atoms with Crippen LogP contribution in [0.1, 0.15) is 26.2 Å². The Balaban J connectivity index is 2.13. The number of halogens is 3. The van der Waals surface area contributed by atoms with Crippen molar-refractivity contribution in [3.05, 3.63) is 0 Å². The molecule has 0 aliphatic heterocycles. The van der Waals surface area contributed by atoms with E-state index in [1.807, 2.05) is 0 Å². The average Bonchev–Trinajstić information content (AvgIpc) is 2.58. The van der Waals surface area contributed by atoms with Gasteiger partial charge in [0, 0.05) is 16.1 Å². The topological polar surface area (TPSA) is 0 Å². The van der Waals surface area contributed by atoms with Gasteiger partial charge in [-0.05, 0) is 30.6 Å². The molecule has 0 nitrogen and oxygen atoms in total. The van der Waals surface area contributed by atoms with Gasteiger partial charge in [0.1, 0.15) is 0 Å². The third-order valence-corrected chi connectivity index (χ3v) is 5.03. The molecule has 3 heteroatoms. The number of hydrogen-bond donors (Lipinski definition) is 0. The van der Waals surface area contributed by atoms with E-state index in [9.17, 15) is 0 Å². The molecule has 0 heterocycles. The highest BCUT2D eigenvalue weighted by molar-refractivity contribution is 6.25. The summed E-state index contributed by atoms with van der Waals surface area (Å²) in [5, 5.41) is 0.799. The van der Waals surface area contributed by atoms with E-state index in [4.69, 9.17) is 34.8 Å². The van der Waals surface area contributed by atoms with E-state index in [2.05, 4.69) is 6.92 Å². The van der Waals surface area contributed by atoms with Crippen molar-refractivity contribution in [2.75, 3.05) is 0 Å². The summed E-state index contributed by atoms with van der Waals surface area (Å²) >= 11 is 18.5. The van der Waals surface area contributed by atoms with Gasteiger partial charge in [-0.2, -0.15) is 0 Å². The zero-order valence-electron chi connectivity index (χ0n) is 7.06. The highest BCUT2D eigenvalue weighted by atomic mass is 35.5. The Morgan fingerprint density at radius 3 is 2.25 bits per heavy atom. The molecule has 0 saturated heterocycles. The molecule has 2 aliphatic rings. The predicted molar refractivity (Wildman–Crippen MR) is 54.4 cm³/mol. The summed E-state index contributed by atoms with van der Waals surface area (Å²) in [5.41, 5.74) is 0.290. The second-order valence-corrected chi connectivity index (χ2v) is 5.95. The van der Waals surface area contributed by atoms with Gasteiger partial charge in [-0.15, -0.1) is 34.8 Å². The van der Waals surface area contributed by atoms with Crippen molar-refractivity contribution >= 4 is 34.8 Å². The summed E-state index contributed by atoms with van der Waals surface area (Å²) in [4.78, 5) is 0. The zero-order valence-corrected chi connectivity index (χ0v) is 9.33. The van der Waals surface area contributed by atoms with Crippen LogP contribution in [0, 0.1) is 11.3 Å². The molecule has 12 heavy (non-hydrogen) atoms. The summed E-state index contributed by atoms with van der Waals surface area (Å²) in [7, 11) is 0. The summed E-state index contributed by atoms with van der Waals surface area (Å²) in [5.74, 6) is 0.539. The van der Waals surface area contributed by atoms with Crippen molar-refractivity contribution in [1.29, 1.82) is 0 Å². The molecule has 70 valence electrons. The Morgan fingerprint density at radius 1 is 1.17 bits per heavy atom. The fourth-order valence-corrected chi connectivity index (χ4v) is 4.06. The second kappa shape index (κ2) is 2.93. The Hall–Kier alpha value is 0.870. The lowest BCUT2D eigenvalue weighted by atomic mass is 9.77. The van der Waals surface area contributed by atoms with E-state index in [0.29, 0.717) is 16.7 Å². The third kappa shape index (κ3) is 1.27. The van der Waals surface area contributed by atoms with Crippen LogP contribution in [-0.2, 0) is 0 Å². The fraction of sp³-hybridized carbons (Fsp3) is 1.00. The molecular formula is C9H13Cl3. The lowest BCUT2D eigenvalue weighted by Crippen LogP contribution is -2.35. The third-order valence-electron chi connectivity index (χ3n) is 3.55. The van der Waals surface area contributed by atoms with Crippen molar-refractivity contribution in [2.24, 2.45) is 11.3 Å². The van der Waals surface area contributed by atoms with Crippen molar-refractivity contribution < 1.29 is 0 Å². The lowest BCUT2D eigenvalue weighted by molar-refractivity contribution is 0.243. The minimum Gasteiger partial charge on any atom is -0.123 e. The molecular weight excluding hydrogens is 214 g/mol. The van der Waals surface area contributed by atoms with Gasteiger partial charge < -0.3 is 0 Å². The highest BCUT2D eigenvalue weighted by Crippen LogP contribution is 2.63. The van der Waals surface area contributed by atoms with Gasteiger partial charge >= 0.3 is 0 Å². The van der Waals surface area contributed by atoms with Crippen molar-refractivity contribution in [1.82, 2.24) is 0 Å². The smallest absolute Gasteiger partial charge is 0.0402 e. The molecule has 2 rings (SSSR count). The van der Waals surface area contributed by atoms with E-state index in [1.165, 1.54) is 0 Å². The molecule has 0 aromatic rings. The molecule has 1 spiro atoms. The Kier molecular flexibility index (Phi) is 2.30. The normalized spacial score (nSPS) is 59.0. The summed E-state index contributed by atoms with van der Waals surface area (Å²) < 4.78 is 0. The van der Waals surface area contributed by atoms with E-state index >= 15 is 0 Å². The Bertz CT molecular complexity index is 194. The van der Waals surface area contributed by atoms with E-state index < -0.39 is 0 Å². The molecule has 0 radical (unpaired) electrons. The number of alkyl halides is 3. The van der Waals surface area contributed by atoms with Crippen LogP contribution in [0.15, 0.2) is 0 Å². The molecule has 0 amide bonds. The van der Waals surface area contributed by atoms with Gasteiger partial charge in [0.25, 0.3) is 0 Å². The summed E-state index contributed by atoms with van der Waals surface area (Å²) in [6, 6.07) is 0. The summed E-state index contributed by atoms with van der Waals surface area (Å²) in [6.07, 6.45) is 3.12. The average molecular weight is 228 g/mol. The van der Waals surface area contributed by atoms with Gasteiger partial charge in [-0.3, -0.25) is 0 Å². The minimum atomic E-state index is 0.227. The van der Waals surface area contributed by atoms with Crippen molar-refractivity contribution in [2.45, 2.75) is 42.3 Å². The molecule has 5 atom stereocenters. The van der Waals surface area contributed by atoms with Crippen LogP contribution in [0.25, 0.3) is 0 Å². The predicted octanol–water partition coefficient (Wildman–Crippen LogP) is 3.63. The van der Waals surface area contributed by atoms with Gasteiger partial charge in [0.05, 0.1) is 0 Å². The van der Waals surface area contributed by atoms with Crippen LogP contribution in [0.5, 0.6) is 0 Å². The lowest BCUT2D eigenvalue weighted by Gasteiger charge is -2.36. The summed E-state index contributed by atoms with van der Waals surface area (Å²) in [6.45, 7) is 2.21. The largest absolute Gasteiger partial charge is 0.123 e. The molecule has 2 fully saturated rings. The first kappa shape index (κ1) is 9.43. The molecule has 2 aliphatic carbocycles. The maximum atomic E-state index is 6.21. The van der Waals surface area contributed by atoms with Gasteiger partial charge in [0.2, 0.25) is 0 Å². The maximum Gasteiger partial charge on any atom is 0.0402 e. The van der Waals surface area contributed by atoms with Gasteiger partial charge in [-0.1, -0.05) is 6.92 Å². The van der Waals surface area contributed by atoms with Crippen LogP contribution >= 0.6 is 34.8 Å². The molecule has 2 saturated carbocycles. The van der Waals surface area contributed by atoms with Crippen LogP contribution in [0.4, 0.5) is 0 Å². The first-order valence-corrected chi connectivity index (χ1v) is 5.79. The Labute approximate surface area is 88.6 Å². The zero-order chi connectivity index (χ0) is 8.93. The molecule has 5 unspecified atom stereocenters. The molecule has 0 N–H and O–H groups in total. The van der Waals surface area contributed by atoms with Crippen LogP contribution < -0.4 is 0 Å². The number of rotatable bonds is 0. The second-order valence-electron chi connectivity index (χ2n) is 4.25. The highest BCUT2D eigenvalue weighted by Gasteiger charge is 2.60. The van der Waals surface area contributed by atoms with Crippen LogP contribution in [0.3, 0.4) is 0 Å². The first-order chi connectivity index (χ1) is 5.56. The standard InChI is InChI=1S/C9H13Cl3/c1-5-7(11)2-6(10)3-9(5)4-8(9)12/h5-8H,2-4H2,1H3. The quantitative estimate of drug-likeness (QED) is 0.555. The van der Waals surface area contributed by atoms with Gasteiger partial charge in [-0.25, -0.2) is 0 Å². The van der Waals surface area contributed by atoms with Crippen molar-refractivity contribution in [3.8, 4) is 0 Å². The van der Waals surface area contributed by atoms with E-state index in [0.717, 1.165) is 19.3 Å². The Morgan fingerprint density at radius 2 is 1.75 bits per heavy atom. The monoisotopic (exact) mass is 226 g/mol. The van der Waals surface area contributed by atoms with Crippen LogP contribution in [-0.4, -0.2) is 16.1 Å². The maximum absolute atomic E-state index is 6.21. The van der Waals surface area contributed by atoms with Gasteiger partial charge in [0.15, 0.2) is 0 Å². The molecule has 0 aromatic heterocycles. The molecule has 0 aromatic carbocycles.